The number of aromatic nitrogens is 2. The molecule has 0 N–H and O–H groups in total. The van der Waals surface area contributed by atoms with Gasteiger partial charge in [-0.05, 0) is 50.8 Å². The summed E-state index contributed by atoms with van der Waals surface area (Å²) >= 11 is 6.14. The zero-order valence-corrected chi connectivity index (χ0v) is 18.3. The highest BCUT2D eigenvalue weighted by molar-refractivity contribution is 6.31. The lowest BCUT2D eigenvalue weighted by Crippen LogP contribution is -2.36. The third-order valence-corrected chi connectivity index (χ3v) is 4.77. The Morgan fingerprint density at radius 3 is 2.39 bits per heavy atom. The summed E-state index contributed by atoms with van der Waals surface area (Å²) in [5, 5.41) is 4.18. The lowest BCUT2D eigenvalue weighted by Gasteiger charge is -2.21. The molecule has 0 fully saturated rings. The number of hydrogen-bond donors (Lipinski definition) is 0. The maximum absolute atomic E-state index is 12.3. The van der Waals surface area contributed by atoms with E-state index >= 15 is 0 Å². The first kappa shape index (κ1) is 22.3. The average molecular weight is 407 g/mol. The summed E-state index contributed by atoms with van der Waals surface area (Å²) in [6.45, 7) is 10.8. The smallest absolute Gasteiger partial charge is 0.289 e. The highest BCUT2D eigenvalue weighted by Crippen LogP contribution is 2.21. The number of nitrogens with zero attached hydrogens (tertiary/aromatic N) is 2. The van der Waals surface area contributed by atoms with E-state index in [1.807, 2.05) is 32.9 Å². The van der Waals surface area contributed by atoms with E-state index in [1.165, 1.54) is 29.3 Å². The largest absolute Gasteiger partial charge is 0.490 e. The third-order valence-electron chi connectivity index (χ3n) is 4.42. The van der Waals surface area contributed by atoms with Crippen molar-refractivity contribution in [2.45, 2.75) is 59.4 Å². The molecule has 0 amide bonds. The van der Waals surface area contributed by atoms with Crippen LogP contribution in [-0.2, 0) is 12.0 Å². The van der Waals surface area contributed by atoms with Gasteiger partial charge >= 0.3 is 0 Å². The van der Waals surface area contributed by atoms with Crippen LogP contribution in [-0.4, -0.2) is 23.0 Å². The van der Waals surface area contributed by atoms with E-state index in [4.69, 9.17) is 21.1 Å². The standard InChI is InChI=1S/C22H31ClN2O3/c1-6-7-16(2)14-17-8-10-18(11-9-17)27-12-13-28-19-15-24-25(22(3,4)5)21(26)20(19)23/h8-11,15-16H,6-7,12-14H2,1-5H3. The van der Waals surface area contributed by atoms with E-state index in [0.717, 1.165) is 12.2 Å². The fourth-order valence-electron chi connectivity index (χ4n) is 3.03. The van der Waals surface area contributed by atoms with Gasteiger partial charge in [0, 0.05) is 0 Å². The molecule has 2 aromatic rings. The van der Waals surface area contributed by atoms with Crippen LogP contribution in [0.4, 0.5) is 0 Å². The highest BCUT2D eigenvalue weighted by atomic mass is 35.5. The van der Waals surface area contributed by atoms with Gasteiger partial charge in [0.2, 0.25) is 0 Å². The van der Waals surface area contributed by atoms with Crippen LogP contribution >= 0.6 is 11.6 Å². The van der Waals surface area contributed by atoms with Gasteiger partial charge in [-0.1, -0.05) is 50.4 Å². The minimum atomic E-state index is -0.442. The number of rotatable bonds is 9. The Morgan fingerprint density at radius 2 is 1.79 bits per heavy atom. The Morgan fingerprint density at radius 1 is 1.14 bits per heavy atom. The first-order chi connectivity index (χ1) is 13.2. The molecule has 28 heavy (non-hydrogen) atoms. The molecule has 0 aliphatic heterocycles. The Balaban J connectivity index is 1.84. The molecule has 0 bridgehead atoms. The molecule has 5 nitrogen and oxygen atoms in total. The lowest BCUT2D eigenvalue weighted by molar-refractivity contribution is 0.214. The molecule has 0 saturated carbocycles. The SMILES string of the molecule is CCCC(C)Cc1ccc(OCCOc2cnn(C(C)(C)C)c(=O)c2Cl)cc1. The van der Waals surface area contributed by atoms with Gasteiger partial charge in [0.1, 0.15) is 19.0 Å². The molecule has 2 rings (SSSR count). The molecular weight excluding hydrogens is 376 g/mol. The van der Waals surface area contributed by atoms with Gasteiger partial charge in [-0.3, -0.25) is 4.79 Å². The van der Waals surface area contributed by atoms with Gasteiger partial charge < -0.3 is 9.47 Å². The van der Waals surface area contributed by atoms with Crippen molar-refractivity contribution in [3.05, 3.63) is 51.4 Å². The summed E-state index contributed by atoms with van der Waals surface area (Å²) < 4.78 is 12.6. The van der Waals surface area contributed by atoms with Crippen molar-refractivity contribution in [3.8, 4) is 11.5 Å². The van der Waals surface area contributed by atoms with E-state index in [2.05, 4.69) is 31.1 Å². The summed E-state index contributed by atoms with van der Waals surface area (Å²) in [4.78, 5) is 12.3. The number of halogens is 1. The summed E-state index contributed by atoms with van der Waals surface area (Å²) in [5.74, 6) is 1.76. The van der Waals surface area contributed by atoms with Crippen LogP contribution in [0.5, 0.6) is 11.5 Å². The Labute approximate surface area is 172 Å². The molecule has 1 aromatic carbocycles. The summed E-state index contributed by atoms with van der Waals surface area (Å²) in [7, 11) is 0. The molecule has 0 spiro atoms. The molecule has 0 saturated heterocycles. The van der Waals surface area contributed by atoms with Crippen LogP contribution in [0.1, 0.15) is 53.0 Å². The third kappa shape index (κ3) is 6.26. The zero-order chi connectivity index (χ0) is 20.7. The van der Waals surface area contributed by atoms with Crippen molar-refractivity contribution in [1.29, 1.82) is 0 Å². The van der Waals surface area contributed by atoms with Gasteiger partial charge in [-0.25, -0.2) is 4.68 Å². The monoisotopic (exact) mass is 406 g/mol. The summed E-state index contributed by atoms with van der Waals surface area (Å²) in [6.07, 6.45) is 5.02. The summed E-state index contributed by atoms with van der Waals surface area (Å²) in [6, 6.07) is 8.17. The first-order valence-electron chi connectivity index (χ1n) is 9.85. The molecule has 1 unspecified atom stereocenters. The van der Waals surface area contributed by atoms with E-state index in [0.29, 0.717) is 12.5 Å². The topological polar surface area (TPSA) is 53.4 Å². The predicted molar refractivity (Wildman–Crippen MR) is 114 cm³/mol. The van der Waals surface area contributed by atoms with Crippen molar-refractivity contribution in [3.63, 3.8) is 0 Å². The van der Waals surface area contributed by atoms with Crippen molar-refractivity contribution in [2.24, 2.45) is 5.92 Å². The maximum Gasteiger partial charge on any atom is 0.289 e. The van der Waals surface area contributed by atoms with Crippen molar-refractivity contribution in [2.75, 3.05) is 13.2 Å². The van der Waals surface area contributed by atoms with Crippen LogP contribution in [0.15, 0.2) is 35.3 Å². The fraction of sp³-hybridized carbons (Fsp3) is 0.545. The van der Waals surface area contributed by atoms with Gasteiger partial charge in [0.25, 0.3) is 5.56 Å². The average Bonchev–Trinajstić information content (AvgIpc) is 2.62. The van der Waals surface area contributed by atoms with Gasteiger partial charge in [0.05, 0.1) is 11.7 Å². The minimum absolute atomic E-state index is 0.0375. The predicted octanol–water partition coefficient (Wildman–Crippen LogP) is 5.09. The second-order valence-electron chi connectivity index (χ2n) is 8.15. The molecule has 1 aromatic heterocycles. The molecule has 0 radical (unpaired) electrons. The Kier molecular flexibility index (Phi) is 7.93. The van der Waals surface area contributed by atoms with Crippen LogP contribution in [0.2, 0.25) is 5.02 Å². The highest BCUT2D eigenvalue weighted by Gasteiger charge is 2.19. The van der Waals surface area contributed by atoms with E-state index in [1.54, 1.807) is 0 Å². The molecular formula is C22H31ClN2O3. The normalized spacial score (nSPS) is 12.6. The van der Waals surface area contributed by atoms with Gasteiger partial charge in [-0.2, -0.15) is 5.10 Å². The van der Waals surface area contributed by atoms with Crippen LogP contribution in [0, 0.1) is 5.92 Å². The molecule has 1 atom stereocenters. The quantitative estimate of drug-likeness (QED) is 0.544. The minimum Gasteiger partial charge on any atom is -0.490 e. The molecule has 154 valence electrons. The number of benzene rings is 1. The maximum atomic E-state index is 12.3. The van der Waals surface area contributed by atoms with E-state index in [9.17, 15) is 4.79 Å². The van der Waals surface area contributed by atoms with Crippen molar-refractivity contribution in [1.82, 2.24) is 9.78 Å². The van der Waals surface area contributed by atoms with Crippen molar-refractivity contribution >= 4 is 11.6 Å². The molecule has 0 aliphatic rings. The summed E-state index contributed by atoms with van der Waals surface area (Å²) in [5.41, 5.74) is 0.519. The zero-order valence-electron chi connectivity index (χ0n) is 17.5. The first-order valence-corrected chi connectivity index (χ1v) is 10.2. The molecule has 1 heterocycles. The van der Waals surface area contributed by atoms with Gasteiger partial charge in [-0.15, -0.1) is 0 Å². The second-order valence-corrected chi connectivity index (χ2v) is 8.53. The lowest BCUT2D eigenvalue weighted by atomic mass is 9.97. The van der Waals surface area contributed by atoms with E-state index < -0.39 is 5.54 Å². The Bertz CT molecular complexity index is 810. The molecule has 0 aliphatic carbocycles. The van der Waals surface area contributed by atoms with Crippen LogP contribution < -0.4 is 15.0 Å². The van der Waals surface area contributed by atoms with Crippen LogP contribution in [0.25, 0.3) is 0 Å². The van der Waals surface area contributed by atoms with Gasteiger partial charge in [0.15, 0.2) is 10.8 Å². The number of ether oxygens (including phenoxy) is 2. The number of hydrogen-bond acceptors (Lipinski definition) is 4. The van der Waals surface area contributed by atoms with Crippen molar-refractivity contribution < 1.29 is 9.47 Å². The van der Waals surface area contributed by atoms with Crippen LogP contribution in [0.3, 0.4) is 0 Å². The van der Waals surface area contributed by atoms with E-state index in [-0.39, 0.29) is 22.9 Å². The fourth-order valence-corrected chi connectivity index (χ4v) is 3.21. The molecule has 6 heteroatoms. The Hall–Kier alpha value is -2.01. The second kappa shape index (κ2) is 9.97.